The molecule has 2 fully saturated rings. The first-order valence-corrected chi connectivity index (χ1v) is 10.8. The zero-order valence-corrected chi connectivity index (χ0v) is 15.4. The highest BCUT2D eigenvalue weighted by Gasteiger charge is 2.28. The number of para-hydroxylation sites is 1. The molecule has 2 saturated heterocycles. The van der Waals surface area contributed by atoms with Gasteiger partial charge in [-0.05, 0) is 24.6 Å². The van der Waals surface area contributed by atoms with E-state index in [2.05, 4.69) is 49.4 Å². The number of anilines is 3. The van der Waals surface area contributed by atoms with Crippen LogP contribution in [0.25, 0.3) is 0 Å². The van der Waals surface area contributed by atoms with Gasteiger partial charge in [0.25, 0.3) is 0 Å². The number of aromatic nitrogens is 2. The van der Waals surface area contributed by atoms with Crippen LogP contribution in [0.3, 0.4) is 0 Å². The van der Waals surface area contributed by atoms with Gasteiger partial charge in [0, 0.05) is 44.1 Å². The molecule has 0 radical (unpaired) electrons. The molecule has 3 heterocycles. The van der Waals surface area contributed by atoms with Crippen molar-refractivity contribution >= 4 is 27.3 Å². The van der Waals surface area contributed by atoms with Crippen LogP contribution in [0.4, 0.5) is 17.5 Å². The van der Waals surface area contributed by atoms with Gasteiger partial charge < -0.3 is 15.1 Å². The van der Waals surface area contributed by atoms with Crippen LogP contribution < -0.4 is 15.1 Å². The molecule has 1 aromatic carbocycles. The van der Waals surface area contributed by atoms with Gasteiger partial charge in [0.2, 0.25) is 5.95 Å². The first-order valence-electron chi connectivity index (χ1n) is 8.94. The number of piperazine rings is 1. The summed E-state index contributed by atoms with van der Waals surface area (Å²) >= 11 is 0. The summed E-state index contributed by atoms with van der Waals surface area (Å²) in [6.45, 7) is 3.56. The molecule has 4 rings (SSSR count). The van der Waals surface area contributed by atoms with Crippen LogP contribution in [0.15, 0.2) is 42.6 Å². The lowest BCUT2D eigenvalue weighted by Crippen LogP contribution is -2.47. The van der Waals surface area contributed by atoms with Crippen molar-refractivity contribution in [1.82, 2.24) is 9.97 Å². The molecule has 8 heteroatoms. The highest BCUT2D eigenvalue weighted by Crippen LogP contribution is 2.20. The Bertz CT molecular complexity index is 851. The molecule has 138 valence electrons. The van der Waals surface area contributed by atoms with Crippen molar-refractivity contribution in [2.24, 2.45) is 0 Å². The minimum Gasteiger partial charge on any atom is -0.368 e. The number of hydrogen-bond acceptors (Lipinski definition) is 7. The lowest BCUT2D eigenvalue weighted by Gasteiger charge is -2.36. The van der Waals surface area contributed by atoms with E-state index in [1.807, 2.05) is 6.07 Å². The number of rotatable bonds is 4. The van der Waals surface area contributed by atoms with Gasteiger partial charge >= 0.3 is 0 Å². The third-order valence-corrected chi connectivity index (χ3v) is 6.68. The van der Waals surface area contributed by atoms with Crippen molar-refractivity contribution in [3.8, 4) is 0 Å². The monoisotopic (exact) mass is 373 g/mol. The molecule has 7 nitrogen and oxygen atoms in total. The number of benzene rings is 1. The van der Waals surface area contributed by atoms with Crippen molar-refractivity contribution in [1.29, 1.82) is 0 Å². The highest BCUT2D eigenvalue weighted by atomic mass is 32.2. The second-order valence-electron chi connectivity index (χ2n) is 6.80. The van der Waals surface area contributed by atoms with Gasteiger partial charge in [0.15, 0.2) is 9.84 Å². The second kappa shape index (κ2) is 7.11. The molecule has 0 saturated carbocycles. The SMILES string of the molecule is O=S1(=O)CCC(Nc2ccnc(N3CCN(c4ccccc4)CC3)n2)C1. The smallest absolute Gasteiger partial charge is 0.227 e. The Kier molecular flexibility index (Phi) is 4.67. The summed E-state index contributed by atoms with van der Waals surface area (Å²) < 4.78 is 23.2. The van der Waals surface area contributed by atoms with Crippen LogP contribution in [-0.2, 0) is 9.84 Å². The number of hydrogen-bond donors (Lipinski definition) is 1. The van der Waals surface area contributed by atoms with Crippen molar-refractivity contribution in [3.05, 3.63) is 42.6 Å². The number of nitrogens with zero attached hydrogens (tertiary/aromatic N) is 4. The molecule has 2 aliphatic heterocycles. The summed E-state index contributed by atoms with van der Waals surface area (Å²) in [7, 11) is -2.90. The summed E-state index contributed by atoms with van der Waals surface area (Å²) in [5.74, 6) is 1.83. The maximum Gasteiger partial charge on any atom is 0.227 e. The van der Waals surface area contributed by atoms with Gasteiger partial charge in [-0.2, -0.15) is 4.98 Å². The van der Waals surface area contributed by atoms with Crippen LogP contribution in [0, 0.1) is 0 Å². The summed E-state index contributed by atoms with van der Waals surface area (Å²) in [5.41, 5.74) is 1.24. The van der Waals surface area contributed by atoms with Gasteiger partial charge in [-0.25, -0.2) is 13.4 Å². The van der Waals surface area contributed by atoms with Gasteiger partial charge in [-0.15, -0.1) is 0 Å². The van der Waals surface area contributed by atoms with Gasteiger partial charge in [-0.1, -0.05) is 18.2 Å². The molecule has 1 N–H and O–H groups in total. The summed E-state index contributed by atoms with van der Waals surface area (Å²) in [4.78, 5) is 13.5. The fourth-order valence-corrected chi connectivity index (χ4v) is 5.18. The fraction of sp³-hybridized carbons (Fsp3) is 0.444. The zero-order chi connectivity index (χ0) is 18.0. The maximum absolute atomic E-state index is 11.6. The van der Waals surface area contributed by atoms with Crippen LogP contribution in [0.1, 0.15) is 6.42 Å². The molecule has 0 amide bonds. The molecular weight excluding hydrogens is 350 g/mol. The largest absolute Gasteiger partial charge is 0.368 e. The van der Waals surface area contributed by atoms with Crippen LogP contribution in [-0.4, -0.2) is 62.1 Å². The average molecular weight is 373 g/mol. The van der Waals surface area contributed by atoms with Crippen molar-refractivity contribution in [3.63, 3.8) is 0 Å². The fourth-order valence-electron chi connectivity index (χ4n) is 3.50. The average Bonchev–Trinajstić information content (AvgIpc) is 3.01. The molecule has 1 aromatic heterocycles. The van der Waals surface area contributed by atoms with Crippen molar-refractivity contribution < 1.29 is 8.42 Å². The molecule has 0 aliphatic carbocycles. The number of nitrogens with one attached hydrogen (secondary N) is 1. The molecule has 1 atom stereocenters. The Morgan fingerprint density at radius 3 is 2.42 bits per heavy atom. The van der Waals surface area contributed by atoms with E-state index in [4.69, 9.17) is 0 Å². The van der Waals surface area contributed by atoms with Crippen LogP contribution in [0.5, 0.6) is 0 Å². The first-order chi connectivity index (χ1) is 12.6. The maximum atomic E-state index is 11.6. The predicted octanol–water partition coefficient (Wildman–Crippen LogP) is 1.40. The van der Waals surface area contributed by atoms with E-state index in [9.17, 15) is 8.42 Å². The minimum atomic E-state index is -2.90. The Labute approximate surface area is 154 Å². The molecule has 1 unspecified atom stereocenters. The van der Waals surface area contributed by atoms with E-state index < -0.39 is 9.84 Å². The van der Waals surface area contributed by atoms with Gasteiger partial charge in [-0.3, -0.25) is 0 Å². The quantitative estimate of drug-likeness (QED) is 0.868. The lowest BCUT2D eigenvalue weighted by molar-refractivity contribution is 0.602. The van der Waals surface area contributed by atoms with E-state index in [1.54, 1.807) is 12.3 Å². The van der Waals surface area contributed by atoms with Gasteiger partial charge in [0.05, 0.1) is 11.5 Å². The Morgan fingerprint density at radius 2 is 1.73 bits per heavy atom. The van der Waals surface area contributed by atoms with Crippen molar-refractivity contribution in [2.45, 2.75) is 12.5 Å². The molecule has 2 aromatic rings. The van der Waals surface area contributed by atoms with Crippen molar-refractivity contribution in [2.75, 3.05) is 52.8 Å². The minimum absolute atomic E-state index is 0.0577. The third-order valence-electron chi connectivity index (χ3n) is 4.91. The highest BCUT2D eigenvalue weighted by molar-refractivity contribution is 7.91. The van der Waals surface area contributed by atoms with E-state index in [0.717, 1.165) is 26.2 Å². The normalized spacial score (nSPS) is 22.4. The van der Waals surface area contributed by atoms with E-state index in [1.165, 1.54) is 5.69 Å². The predicted molar refractivity (Wildman–Crippen MR) is 104 cm³/mol. The van der Waals surface area contributed by atoms with Crippen LogP contribution >= 0.6 is 0 Å². The summed E-state index contributed by atoms with van der Waals surface area (Å²) in [6, 6.07) is 12.2. The lowest BCUT2D eigenvalue weighted by atomic mass is 10.2. The summed E-state index contributed by atoms with van der Waals surface area (Å²) in [6.07, 6.45) is 2.37. The first kappa shape index (κ1) is 17.1. The molecule has 26 heavy (non-hydrogen) atoms. The second-order valence-corrected chi connectivity index (χ2v) is 9.02. The van der Waals surface area contributed by atoms with Crippen LogP contribution in [0.2, 0.25) is 0 Å². The standard InChI is InChI=1S/C18H23N5O2S/c24-26(25)13-7-15(14-26)20-17-6-8-19-18(21-17)23-11-9-22(10-12-23)16-4-2-1-3-5-16/h1-6,8,15H,7,9-14H2,(H,19,20,21). The Morgan fingerprint density at radius 1 is 1.00 bits per heavy atom. The molecule has 0 bridgehead atoms. The Balaban J connectivity index is 1.38. The zero-order valence-electron chi connectivity index (χ0n) is 14.6. The topological polar surface area (TPSA) is 78.4 Å². The van der Waals surface area contributed by atoms with E-state index >= 15 is 0 Å². The summed E-state index contributed by atoms with van der Waals surface area (Å²) in [5, 5.41) is 3.24. The third kappa shape index (κ3) is 3.90. The van der Waals surface area contributed by atoms with Gasteiger partial charge in [0.1, 0.15) is 5.82 Å². The molecular formula is C18H23N5O2S. The number of sulfone groups is 1. The molecule has 2 aliphatic rings. The van der Waals surface area contributed by atoms with E-state index in [0.29, 0.717) is 18.2 Å². The molecule has 0 spiro atoms. The van der Waals surface area contributed by atoms with E-state index in [-0.39, 0.29) is 17.5 Å². The Hall–Kier alpha value is -2.35.